The van der Waals surface area contributed by atoms with Crippen molar-refractivity contribution in [2.24, 2.45) is 17.6 Å². The monoisotopic (exact) mass is 241 g/mol. The molecule has 0 aromatic heterocycles. The van der Waals surface area contributed by atoms with Crippen LogP contribution in [0, 0.1) is 11.8 Å². The Morgan fingerprint density at radius 3 is 2.50 bits per heavy atom. The molecule has 0 aromatic rings. The van der Waals surface area contributed by atoms with E-state index in [0.29, 0.717) is 0 Å². The van der Waals surface area contributed by atoms with Gasteiger partial charge in [-0.2, -0.15) is 11.8 Å². The van der Waals surface area contributed by atoms with E-state index in [-0.39, 0.29) is 0 Å². The largest absolute Gasteiger partial charge is 0.330 e. The highest BCUT2D eigenvalue weighted by molar-refractivity contribution is 8.00. The van der Waals surface area contributed by atoms with Gasteiger partial charge in [0.15, 0.2) is 0 Å². The molecule has 0 aromatic carbocycles. The van der Waals surface area contributed by atoms with Gasteiger partial charge >= 0.3 is 0 Å². The summed E-state index contributed by atoms with van der Waals surface area (Å²) >= 11 is 2.30. The summed E-state index contributed by atoms with van der Waals surface area (Å²) in [6, 6.07) is 0. The van der Waals surface area contributed by atoms with E-state index < -0.39 is 0 Å². The molecule has 16 heavy (non-hydrogen) atoms. The molecule has 2 aliphatic rings. The summed E-state index contributed by atoms with van der Waals surface area (Å²) in [6.45, 7) is 3.27. The van der Waals surface area contributed by atoms with Gasteiger partial charge < -0.3 is 5.73 Å². The van der Waals surface area contributed by atoms with Crippen LogP contribution in [0.4, 0.5) is 0 Å². The van der Waals surface area contributed by atoms with Crippen LogP contribution in [0.5, 0.6) is 0 Å². The van der Waals surface area contributed by atoms with Crippen molar-refractivity contribution >= 4 is 11.8 Å². The second-order valence-corrected chi connectivity index (χ2v) is 7.21. The van der Waals surface area contributed by atoms with Crippen LogP contribution in [0.3, 0.4) is 0 Å². The van der Waals surface area contributed by atoms with Crippen molar-refractivity contribution in [1.29, 1.82) is 0 Å². The lowest BCUT2D eigenvalue weighted by atomic mass is 9.80. The molecule has 0 aliphatic heterocycles. The highest BCUT2D eigenvalue weighted by atomic mass is 32.2. The molecule has 2 aliphatic carbocycles. The van der Waals surface area contributed by atoms with Crippen LogP contribution in [-0.4, -0.2) is 17.0 Å². The third-order valence-corrected chi connectivity index (χ3v) is 6.37. The zero-order valence-electron chi connectivity index (χ0n) is 10.7. The predicted molar refractivity (Wildman–Crippen MR) is 73.8 cm³/mol. The summed E-state index contributed by atoms with van der Waals surface area (Å²) in [5, 5.41) is 1.85. The summed E-state index contributed by atoms with van der Waals surface area (Å²) in [5.41, 5.74) is 5.94. The first-order valence-corrected chi connectivity index (χ1v) is 8.13. The SMILES string of the molecule is CCC1CCC(CN)C(SC2CCCC2)C1. The molecule has 1 nitrogen and oxygen atoms in total. The third kappa shape index (κ3) is 3.16. The van der Waals surface area contributed by atoms with E-state index >= 15 is 0 Å². The summed E-state index contributed by atoms with van der Waals surface area (Å²) in [5.74, 6) is 1.80. The molecule has 2 N–H and O–H groups in total. The fraction of sp³-hybridized carbons (Fsp3) is 1.00. The van der Waals surface area contributed by atoms with Crippen molar-refractivity contribution in [3.05, 3.63) is 0 Å². The smallest absolute Gasteiger partial charge is 0.00927 e. The molecule has 0 radical (unpaired) electrons. The van der Waals surface area contributed by atoms with E-state index in [1.165, 1.54) is 51.4 Å². The molecule has 2 saturated carbocycles. The van der Waals surface area contributed by atoms with Gasteiger partial charge in [0.05, 0.1) is 0 Å². The van der Waals surface area contributed by atoms with Crippen molar-refractivity contribution in [1.82, 2.24) is 0 Å². The van der Waals surface area contributed by atoms with E-state index in [0.717, 1.165) is 28.9 Å². The molecule has 2 rings (SSSR count). The average Bonchev–Trinajstić information content (AvgIpc) is 2.82. The first-order valence-electron chi connectivity index (χ1n) is 7.19. The molecule has 2 fully saturated rings. The molecule has 94 valence electrons. The molecule has 0 amide bonds. The number of hydrogen-bond donors (Lipinski definition) is 1. The van der Waals surface area contributed by atoms with Crippen molar-refractivity contribution in [3.8, 4) is 0 Å². The van der Waals surface area contributed by atoms with Crippen LogP contribution < -0.4 is 5.73 Å². The van der Waals surface area contributed by atoms with E-state index in [9.17, 15) is 0 Å². The number of nitrogens with two attached hydrogens (primary N) is 1. The Morgan fingerprint density at radius 1 is 1.12 bits per heavy atom. The topological polar surface area (TPSA) is 26.0 Å². The second-order valence-electron chi connectivity index (χ2n) is 5.66. The van der Waals surface area contributed by atoms with Gasteiger partial charge in [-0.1, -0.05) is 32.6 Å². The Labute approximate surface area is 105 Å². The first-order chi connectivity index (χ1) is 7.83. The number of rotatable bonds is 4. The van der Waals surface area contributed by atoms with Gasteiger partial charge in [0.1, 0.15) is 0 Å². The quantitative estimate of drug-likeness (QED) is 0.810. The van der Waals surface area contributed by atoms with E-state index in [2.05, 4.69) is 18.7 Å². The Bertz CT molecular complexity index is 201. The van der Waals surface area contributed by atoms with Crippen molar-refractivity contribution in [2.45, 2.75) is 68.8 Å². The van der Waals surface area contributed by atoms with Crippen LogP contribution in [0.25, 0.3) is 0 Å². The molecular weight excluding hydrogens is 214 g/mol. The molecule has 3 unspecified atom stereocenters. The fourth-order valence-electron chi connectivity index (χ4n) is 3.35. The third-order valence-electron chi connectivity index (χ3n) is 4.59. The highest BCUT2D eigenvalue weighted by Crippen LogP contribution is 2.42. The second kappa shape index (κ2) is 6.30. The fourth-order valence-corrected chi connectivity index (χ4v) is 5.31. The maximum Gasteiger partial charge on any atom is 0.00927 e. The minimum Gasteiger partial charge on any atom is -0.330 e. The van der Waals surface area contributed by atoms with E-state index in [1.807, 2.05) is 0 Å². The number of hydrogen-bond acceptors (Lipinski definition) is 2. The van der Waals surface area contributed by atoms with Crippen LogP contribution in [0.2, 0.25) is 0 Å². The van der Waals surface area contributed by atoms with Crippen LogP contribution in [-0.2, 0) is 0 Å². The van der Waals surface area contributed by atoms with E-state index in [4.69, 9.17) is 5.73 Å². The van der Waals surface area contributed by atoms with Crippen molar-refractivity contribution in [2.75, 3.05) is 6.54 Å². The molecule has 0 bridgehead atoms. The molecular formula is C14H27NS. The maximum atomic E-state index is 5.94. The minimum absolute atomic E-state index is 0.813. The van der Waals surface area contributed by atoms with Gasteiger partial charge in [0.25, 0.3) is 0 Å². The summed E-state index contributed by atoms with van der Waals surface area (Å²) in [4.78, 5) is 0. The average molecular weight is 241 g/mol. The lowest BCUT2D eigenvalue weighted by molar-refractivity contribution is 0.283. The Balaban J connectivity index is 1.86. The van der Waals surface area contributed by atoms with Gasteiger partial charge in [-0.25, -0.2) is 0 Å². The molecule has 0 saturated heterocycles. The maximum absolute atomic E-state index is 5.94. The zero-order valence-corrected chi connectivity index (χ0v) is 11.5. The molecule has 0 heterocycles. The van der Waals surface area contributed by atoms with Crippen LogP contribution in [0.1, 0.15) is 58.3 Å². The highest BCUT2D eigenvalue weighted by Gasteiger charge is 2.31. The summed E-state index contributed by atoms with van der Waals surface area (Å²) < 4.78 is 0. The van der Waals surface area contributed by atoms with Crippen LogP contribution in [0.15, 0.2) is 0 Å². The molecule has 2 heteroatoms. The Kier molecular flexibility index (Phi) is 5.02. The molecule has 3 atom stereocenters. The van der Waals surface area contributed by atoms with Gasteiger partial charge in [-0.3, -0.25) is 0 Å². The van der Waals surface area contributed by atoms with Gasteiger partial charge in [0, 0.05) is 10.5 Å². The van der Waals surface area contributed by atoms with E-state index in [1.54, 1.807) is 0 Å². The number of thioether (sulfide) groups is 1. The van der Waals surface area contributed by atoms with Crippen molar-refractivity contribution in [3.63, 3.8) is 0 Å². The zero-order chi connectivity index (χ0) is 11.4. The lowest BCUT2D eigenvalue weighted by Gasteiger charge is -2.36. The lowest BCUT2D eigenvalue weighted by Crippen LogP contribution is -2.33. The normalized spacial score (nSPS) is 36.8. The van der Waals surface area contributed by atoms with Crippen LogP contribution >= 0.6 is 11.8 Å². The summed E-state index contributed by atoms with van der Waals surface area (Å²) in [6.07, 6.45) is 11.5. The predicted octanol–water partition coefficient (Wildman–Crippen LogP) is 3.82. The van der Waals surface area contributed by atoms with Crippen molar-refractivity contribution < 1.29 is 0 Å². The summed E-state index contributed by atoms with van der Waals surface area (Å²) in [7, 11) is 0. The van der Waals surface area contributed by atoms with Gasteiger partial charge in [0.2, 0.25) is 0 Å². The Morgan fingerprint density at radius 2 is 1.88 bits per heavy atom. The Hall–Kier alpha value is 0.310. The standard InChI is InChI=1S/C14H27NS/c1-2-11-7-8-12(10-15)14(9-11)16-13-5-3-4-6-13/h11-14H,2-10,15H2,1H3. The first kappa shape index (κ1) is 12.8. The van der Waals surface area contributed by atoms with Gasteiger partial charge in [-0.15, -0.1) is 0 Å². The van der Waals surface area contributed by atoms with Gasteiger partial charge in [-0.05, 0) is 44.1 Å². The minimum atomic E-state index is 0.813. The molecule has 0 spiro atoms.